The van der Waals surface area contributed by atoms with E-state index in [2.05, 4.69) is 44.2 Å². The van der Waals surface area contributed by atoms with Crippen LogP contribution in [0.1, 0.15) is 38.9 Å². The van der Waals surface area contributed by atoms with Gasteiger partial charge in [-0.05, 0) is 61.8 Å². The lowest BCUT2D eigenvalue weighted by atomic mass is 9.79. The SMILES string of the molecule is Cc1cc(C)c(C(N)C2CCc3ccccc3C2)s1. The fourth-order valence-corrected chi connectivity index (χ4v) is 4.37. The molecule has 0 radical (unpaired) electrons. The molecule has 0 bridgehead atoms. The van der Waals surface area contributed by atoms with Gasteiger partial charge in [-0.1, -0.05) is 24.3 Å². The molecule has 0 spiro atoms. The minimum Gasteiger partial charge on any atom is -0.323 e. The summed E-state index contributed by atoms with van der Waals surface area (Å²) in [5.74, 6) is 0.589. The Morgan fingerprint density at radius 3 is 2.63 bits per heavy atom. The number of fused-ring (bicyclic) bond motifs is 1. The van der Waals surface area contributed by atoms with E-state index in [9.17, 15) is 0 Å². The van der Waals surface area contributed by atoms with E-state index in [1.165, 1.54) is 39.3 Å². The van der Waals surface area contributed by atoms with Crippen LogP contribution >= 0.6 is 11.3 Å². The molecule has 0 aliphatic heterocycles. The molecule has 2 N–H and O–H groups in total. The van der Waals surface area contributed by atoms with Crippen molar-refractivity contribution in [1.82, 2.24) is 0 Å². The van der Waals surface area contributed by atoms with Crippen LogP contribution in [0.5, 0.6) is 0 Å². The maximum Gasteiger partial charge on any atom is 0.0424 e. The van der Waals surface area contributed by atoms with Crippen molar-refractivity contribution in [3.63, 3.8) is 0 Å². The van der Waals surface area contributed by atoms with Crippen LogP contribution in [0.4, 0.5) is 0 Å². The van der Waals surface area contributed by atoms with Gasteiger partial charge >= 0.3 is 0 Å². The lowest BCUT2D eigenvalue weighted by molar-refractivity contribution is 0.385. The summed E-state index contributed by atoms with van der Waals surface area (Å²) in [6.07, 6.45) is 3.53. The molecule has 0 fully saturated rings. The van der Waals surface area contributed by atoms with Gasteiger partial charge in [-0.15, -0.1) is 11.3 Å². The highest BCUT2D eigenvalue weighted by Crippen LogP contribution is 2.36. The lowest BCUT2D eigenvalue weighted by Gasteiger charge is -2.29. The molecule has 2 aromatic rings. The van der Waals surface area contributed by atoms with Gasteiger partial charge in [-0.2, -0.15) is 0 Å². The first-order valence-electron chi connectivity index (χ1n) is 7.04. The zero-order chi connectivity index (χ0) is 13.4. The molecule has 2 heteroatoms. The van der Waals surface area contributed by atoms with E-state index in [0.29, 0.717) is 5.92 Å². The van der Waals surface area contributed by atoms with Gasteiger partial charge in [-0.3, -0.25) is 0 Å². The number of rotatable bonds is 2. The molecule has 0 saturated carbocycles. The van der Waals surface area contributed by atoms with Crippen molar-refractivity contribution < 1.29 is 0 Å². The summed E-state index contributed by atoms with van der Waals surface area (Å²) in [7, 11) is 0. The highest BCUT2D eigenvalue weighted by atomic mass is 32.1. The lowest BCUT2D eigenvalue weighted by Crippen LogP contribution is -2.26. The van der Waals surface area contributed by atoms with Crippen LogP contribution in [-0.2, 0) is 12.8 Å². The third kappa shape index (κ3) is 2.47. The maximum atomic E-state index is 6.55. The summed E-state index contributed by atoms with van der Waals surface area (Å²) in [6, 6.07) is 11.3. The van der Waals surface area contributed by atoms with Crippen molar-refractivity contribution in [2.24, 2.45) is 11.7 Å². The van der Waals surface area contributed by atoms with Crippen LogP contribution in [0, 0.1) is 19.8 Å². The number of nitrogens with two attached hydrogens (primary N) is 1. The highest BCUT2D eigenvalue weighted by molar-refractivity contribution is 7.12. The second-order valence-corrected chi connectivity index (χ2v) is 6.99. The molecule has 3 rings (SSSR count). The first-order valence-corrected chi connectivity index (χ1v) is 7.86. The standard InChI is InChI=1S/C17H21NS/c1-11-9-12(2)19-17(11)16(18)15-8-7-13-5-3-4-6-14(13)10-15/h3-6,9,15-16H,7-8,10,18H2,1-2H3. The molecule has 2 unspecified atom stereocenters. The third-order valence-corrected chi connectivity index (χ3v) is 5.53. The molecule has 100 valence electrons. The van der Waals surface area contributed by atoms with Gasteiger partial charge in [0.2, 0.25) is 0 Å². The number of hydrogen-bond donors (Lipinski definition) is 1. The zero-order valence-corrected chi connectivity index (χ0v) is 12.5. The molecule has 1 aliphatic rings. The second kappa shape index (κ2) is 5.10. The first-order chi connectivity index (χ1) is 9.15. The molecule has 19 heavy (non-hydrogen) atoms. The number of benzene rings is 1. The average Bonchev–Trinajstić information content (AvgIpc) is 2.76. The quantitative estimate of drug-likeness (QED) is 0.871. The number of hydrogen-bond acceptors (Lipinski definition) is 2. The molecule has 0 amide bonds. The summed E-state index contributed by atoms with van der Waals surface area (Å²) in [6.45, 7) is 4.36. The molecular weight excluding hydrogens is 250 g/mol. The van der Waals surface area contributed by atoms with E-state index in [0.717, 1.165) is 6.42 Å². The summed E-state index contributed by atoms with van der Waals surface area (Å²) in [5, 5.41) is 0. The summed E-state index contributed by atoms with van der Waals surface area (Å²) in [4.78, 5) is 2.76. The van der Waals surface area contributed by atoms with Crippen LogP contribution in [0.2, 0.25) is 0 Å². The van der Waals surface area contributed by atoms with E-state index in [4.69, 9.17) is 5.73 Å². The van der Waals surface area contributed by atoms with Crippen LogP contribution in [0.25, 0.3) is 0 Å². The zero-order valence-electron chi connectivity index (χ0n) is 11.6. The summed E-state index contributed by atoms with van der Waals surface area (Å²) in [5.41, 5.74) is 10.9. The second-order valence-electron chi connectivity index (χ2n) is 5.70. The Bertz CT molecular complexity index is 585. The third-order valence-electron chi connectivity index (χ3n) is 4.27. The van der Waals surface area contributed by atoms with Crippen molar-refractivity contribution >= 4 is 11.3 Å². The van der Waals surface area contributed by atoms with Crippen molar-refractivity contribution in [3.05, 3.63) is 56.8 Å². The van der Waals surface area contributed by atoms with Gasteiger partial charge in [-0.25, -0.2) is 0 Å². The van der Waals surface area contributed by atoms with E-state index < -0.39 is 0 Å². The Kier molecular flexibility index (Phi) is 3.46. The Morgan fingerprint density at radius 2 is 1.95 bits per heavy atom. The molecule has 1 aromatic carbocycles. The fraction of sp³-hybridized carbons (Fsp3) is 0.412. The number of aryl methyl sites for hydroxylation is 3. The van der Waals surface area contributed by atoms with Crippen molar-refractivity contribution in [1.29, 1.82) is 0 Å². The largest absolute Gasteiger partial charge is 0.323 e. The Morgan fingerprint density at radius 1 is 1.21 bits per heavy atom. The van der Waals surface area contributed by atoms with Crippen LogP contribution in [0.3, 0.4) is 0 Å². The Labute approximate surface area is 119 Å². The predicted molar refractivity (Wildman–Crippen MR) is 82.7 cm³/mol. The Hall–Kier alpha value is -1.12. The normalized spacial score (nSPS) is 20.1. The fourth-order valence-electron chi connectivity index (χ4n) is 3.24. The van der Waals surface area contributed by atoms with E-state index in [-0.39, 0.29) is 6.04 Å². The maximum absolute atomic E-state index is 6.55. The van der Waals surface area contributed by atoms with Crippen molar-refractivity contribution in [3.8, 4) is 0 Å². The van der Waals surface area contributed by atoms with Gasteiger partial charge in [0.15, 0.2) is 0 Å². The predicted octanol–water partition coefficient (Wildman–Crippen LogP) is 4.17. The Balaban J connectivity index is 1.83. The topological polar surface area (TPSA) is 26.0 Å². The van der Waals surface area contributed by atoms with Gasteiger partial charge in [0.05, 0.1) is 0 Å². The highest BCUT2D eigenvalue weighted by Gasteiger charge is 2.26. The van der Waals surface area contributed by atoms with Crippen molar-refractivity contribution in [2.45, 2.75) is 39.2 Å². The van der Waals surface area contributed by atoms with Crippen LogP contribution in [0.15, 0.2) is 30.3 Å². The van der Waals surface area contributed by atoms with E-state index in [1.807, 2.05) is 11.3 Å². The van der Waals surface area contributed by atoms with Crippen molar-refractivity contribution in [2.75, 3.05) is 0 Å². The molecule has 2 atom stereocenters. The van der Waals surface area contributed by atoms with E-state index in [1.54, 1.807) is 0 Å². The number of thiophene rings is 1. The van der Waals surface area contributed by atoms with Crippen LogP contribution < -0.4 is 5.73 Å². The molecule has 1 aliphatic carbocycles. The van der Waals surface area contributed by atoms with Gasteiger partial charge in [0.1, 0.15) is 0 Å². The monoisotopic (exact) mass is 271 g/mol. The minimum absolute atomic E-state index is 0.201. The molecule has 1 nitrogen and oxygen atoms in total. The minimum atomic E-state index is 0.201. The molecule has 1 aromatic heterocycles. The van der Waals surface area contributed by atoms with Gasteiger partial charge in [0, 0.05) is 15.8 Å². The average molecular weight is 271 g/mol. The smallest absolute Gasteiger partial charge is 0.0424 e. The van der Waals surface area contributed by atoms with Crippen LogP contribution in [-0.4, -0.2) is 0 Å². The molecule has 0 saturated heterocycles. The first kappa shape index (κ1) is 12.9. The van der Waals surface area contributed by atoms with Gasteiger partial charge in [0.25, 0.3) is 0 Å². The van der Waals surface area contributed by atoms with Gasteiger partial charge < -0.3 is 5.73 Å². The molecule has 1 heterocycles. The molecular formula is C17H21NS. The summed E-state index contributed by atoms with van der Waals surface area (Å²) < 4.78 is 0. The van der Waals surface area contributed by atoms with E-state index >= 15 is 0 Å². The summed E-state index contributed by atoms with van der Waals surface area (Å²) >= 11 is 1.87.